The number of fused-ring (bicyclic) bond motifs is 1. The van der Waals surface area contributed by atoms with Crippen LogP contribution < -0.4 is 5.32 Å². The van der Waals surface area contributed by atoms with Crippen molar-refractivity contribution < 1.29 is 5.11 Å². The Labute approximate surface area is 149 Å². The van der Waals surface area contributed by atoms with Gasteiger partial charge in [0.25, 0.3) is 0 Å². The van der Waals surface area contributed by atoms with Gasteiger partial charge in [-0.1, -0.05) is 74.5 Å². The van der Waals surface area contributed by atoms with Crippen LogP contribution in [0.1, 0.15) is 25.0 Å². The molecule has 0 bridgehead atoms. The van der Waals surface area contributed by atoms with Crippen molar-refractivity contribution in [3.05, 3.63) is 71.8 Å². The maximum atomic E-state index is 11.9. The molecule has 130 valence electrons. The maximum absolute atomic E-state index is 11.9. The van der Waals surface area contributed by atoms with Crippen LogP contribution in [0.3, 0.4) is 0 Å². The first-order valence-electron chi connectivity index (χ1n) is 8.88. The molecule has 1 atom stereocenters. The van der Waals surface area contributed by atoms with Gasteiger partial charge in [0, 0.05) is 25.0 Å². The third kappa shape index (κ3) is 2.81. The fourth-order valence-corrected chi connectivity index (χ4v) is 3.93. The van der Waals surface area contributed by atoms with Crippen molar-refractivity contribution in [2.75, 3.05) is 19.6 Å². The predicted octanol–water partition coefficient (Wildman–Crippen LogP) is 2.59. The number of hydrogen-bond acceptors (Lipinski definition) is 4. The summed E-state index contributed by atoms with van der Waals surface area (Å²) >= 11 is 0. The van der Waals surface area contributed by atoms with Gasteiger partial charge in [-0.25, -0.2) is 0 Å². The van der Waals surface area contributed by atoms with Gasteiger partial charge < -0.3 is 15.3 Å². The molecule has 0 unspecified atom stereocenters. The van der Waals surface area contributed by atoms with E-state index in [0.29, 0.717) is 0 Å². The quantitative estimate of drug-likeness (QED) is 0.906. The number of benzene rings is 2. The minimum Gasteiger partial charge on any atom is -0.378 e. The first kappa shape index (κ1) is 16.2. The number of aliphatic hydroxyl groups is 1. The Morgan fingerprint density at radius 2 is 1.60 bits per heavy atom. The third-order valence-electron chi connectivity index (χ3n) is 5.21. The van der Waals surface area contributed by atoms with Crippen molar-refractivity contribution in [1.82, 2.24) is 10.2 Å². The number of hydrogen-bond donors (Lipinski definition) is 2. The second kappa shape index (κ2) is 5.88. The lowest BCUT2D eigenvalue weighted by atomic mass is 9.80. The van der Waals surface area contributed by atoms with Crippen LogP contribution in [0.2, 0.25) is 0 Å². The first-order chi connectivity index (χ1) is 12.0. The van der Waals surface area contributed by atoms with Crippen molar-refractivity contribution in [3.63, 3.8) is 0 Å². The molecule has 1 fully saturated rings. The number of nitrogens with one attached hydrogen (secondary N) is 1. The van der Waals surface area contributed by atoms with E-state index in [4.69, 9.17) is 4.99 Å². The van der Waals surface area contributed by atoms with Crippen LogP contribution >= 0.6 is 0 Å². The van der Waals surface area contributed by atoms with Crippen LogP contribution in [0.15, 0.2) is 65.7 Å². The standard InChI is InChI=1S/C21H25N3O/c1-20(2)14-22-19-23-18(13-24(19)15-20)21(25,16-9-5-3-6-10-16)17-11-7-4-8-12-17/h3-12,18,25H,13-15H2,1-2H3,(H,22,23)/t18-/m0/s1. The maximum Gasteiger partial charge on any atom is 0.194 e. The van der Waals surface area contributed by atoms with E-state index in [1.54, 1.807) is 0 Å². The highest BCUT2D eigenvalue weighted by Gasteiger charge is 2.47. The molecule has 2 N–H and O–H groups in total. The zero-order valence-electron chi connectivity index (χ0n) is 14.8. The smallest absolute Gasteiger partial charge is 0.194 e. The van der Waals surface area contributed by atoms with E-state index in [1.807, 2.05) is 60.7 Å². The Bertz CT molecular complexity index is 731. The van der Waals surface area contributed by atoms with Gasteiger partial charge in [-0.2, -0.15) is 0 Å². The van der Waals surface area contributed by atoms with Crippen molar-refractivity contribution in [2.45, 2.75) is 25.5 Å². The molecule has 2 aliphatic rings. The van der Waals surface area contributed by atoms with Gasteiger partial charge in [0.05, 0.1) is 6.04 Å². The Balaban J connectivity index is 1.74. The molecule has 0 aromatic heterocycles. The summed E-state index contributed by atoms with van der Waals surface area (Å²) in [6, 6.07) is 19.7. The van der Waals surface area contributed by atoms with Crippen LogP contribution in [0.25, 0.3) is 0 Å². The summed E-state index contributed by atoms with van der Waals surface area (Å²) in [5.74, 6) is 0.912. The molecule has 2 aliphatic heterocycles. The fraction of sp³-hybridized carbons (Fsp3) is 0.381. The Morgan fingerprint density at radius 3 is 2.16 bits per heavy atom. The van der Waals surface area contributed by atoms with E-state index in [0.717, 1.165) is 36.7 Å². The fourth-order valence-electron chi connectivity index (χ4n) is 3.93. The molecule has 0 aliphatic carbocycles. The Hall–Kier alpha value is -2.33. The van der Waals surface area contributed by atoms with E-state index >= 15 is 0 Å². The highest BCUT2D eigenvalue weighted by molar-refractivity contribution is 5.83. The summed E-state index contributed by atoms with van der Waals surface area (Å²) in [4.78, 5) is 6.98. The van der Waals surface area contributed by atoms with Gasteiger partial charge in [-0.3, -0.25) is 4.99 Å². The lowest BCUT2D eigenvalue weighted by Crippen LogP contribution is -2.48. The van der Waals surface area contributed by atoms with Crippen LogP contribution in [0.4, 0.5) is 0 Å². The normalized spacial score (nSPS) is 22.1. The average molecular weight is 335 g/mol. The van der Waals surface area contributed by atoms with Crippen molar-refractivity contribution in [1.29, 1.82) is 0 Å². The zero-order valence-corrected chi connectivity index (χ0v) is 14.8. The lowest BCUT2D eigenvalue weighted by molar-refractivity contribution is 0.0447. The first-order valence-corrected chi connectivity index (χ1v) is 8.88. The molecule has 4 nitrogen and oxygen atoms in total. The molecule has 1 saturated heterocycles. The summed E-state index contributed by atoms with van der Waals surface area (Å²) in [6.45, 7) is 6.98. The van der Waals surface area contributed by atoms with Crippen LogP contribution in [0.5, 0.6) is 0 Å². The Kier molecular flexibility index (Phi) is 3.80. The predicted molar refractivity (Wildman–Crippen MR) is 100 cm³/mol. The van der Waals surface area contributed by atoms with Crippen LogP contribution in [-0.4, -0.2) is 41.6 Å². The molecule has 2 aromatic carbocycles. The minimum absolute atomic E-state index is 0.148. The number of rotatable bonds is 3. The molecule has 2 aromatic rings. The molecular weight excluding hydrogens is 310 g/mol. The second-order valence-corrected chi connectivity index (χ2v) is 7.88. The summed E-state index contributed by atoms with van der Waals surface area (Å²) < 4.78 is 0. The molecule has 0 saturated carbocycles. The summed E-state index contributed by atoms with van der Waals surface area (Å²) in [5, 5.41) is 15.4. The van der Waals surface area contributed by atoms with Crippen molar-refractivity contribution in [3.8, 4) is 0 Å². The molecule has 4 rings (SSSR count). The number of guanidine groups is 1. The van der Waals surface area contributed by atoms with Gasteiger partial charge in [0.2, 0.25) is 0 Å². The van der Waals surface area contributed by atoms with Gasteiger partial charge in [-0.05, 0) is 11.1 Å². The monoisotopic (exact) mass is 335 g/mol. The van der Waals surface area contributed by atoms with Crippen LogP contribution in [0, 0.1) is 5.41 Å². The molecule has 0 spiro atoms. The molecular formula is C21H25N3O. The largest absolute Gasteiger partial charge is 0.378 e. The van der Waals surface area contributed by atoms with E-state index in [-0.39, 0.29) is 11.5 Å². The van der Waals surface area contributed by atoms with Gasteiger partial charge in [0.1, 0.15) is 5.60 Å². The van der Waals surface area contributed by atoms with Gasteiger partial charge in [0.15, 0.2) is 5.96 Å². The van der Waals surface area contributed by atoms with Gasteiger partial charge >= 0.3 is 0 Å². The zero-order chi connectivity index (χ0) is 17.5. The second-order valence-electron chi connectivity index (χ2n) is 7.88. The van der Waals surface area contributed by atoms with Crippen LogP contribution in [-0.2, 0) is 5.60 Å². The summed E-state index contributed by atoms with van der Waals surface area (Å²) in [5.41, 5.74) is 0.862. The third-order valence-corrected chi connectivity index (χ3v) is 5.21. The van der Waals surface area contributed by atoms with Crippen molar-refractivity contribution >= 4 is 5.96 Å². The van der Waals surface area contributed by atoms with E-state index in [1.165, 1.54) is 0 Å². The molecule has 0 radical (unpaired) electrons. The summed E-state index contributed by atoms with van der Waals surface area (Å²) in [6.07, 6.45) is 0. The molecule has 4 heteroatoms. The number of aliphatic imine (C=N–C) groups is 1. The lowest BCUT2D eigenvalue weighted by Gasteiger charge is -2.35. The van der Waals surface area contributed by atoms with Crippen molar-refractivity contribution in [2.24, 2.45) is 10.4 Å². The molecule has 0 amide bonds. The highest BCUT2D eigenvalue weighted by atomic mass is 16.3. The Morgan fingerprint density at radius 1 is 1.04 bits per heavy atom. The molecule has 2 heterocycles. The van der Waals surface area contributed by atoms with E-state index < -0.39 is 5.60 Å². The minimum atomic E-state index is -1.10. The SMILES string of the molecule is CC1(C)CN=C2N[C@H](C(O)(c3ccccc3)c3ccccc3)CN2C1. The summed E-state index contributed by atoms with van der Waals surface area (Å²) in [7, 11) is 0. The number of nitrogens with zero attached hydrogens (tertiary/aromatic N) is 2. The highest BCUT2D eigenvalue weighted by Crippen LogP contribution is 2.36. The topological polar surface area (TPSA) is 47.9 Å². The van der Waals surface area contributed by atoms with Gasteiger partial charge in [-0.15, -0.1) is 0 Å². The van der Waals surface area contributed by atoms with E-state index in [2.05, 4.69) is 24.1 Å². The van der Waals surface area contributed by atoms with E-state index in [9.17, 15) is 5.11 Å². The molecule has 25 heavy (non-hydrogen) atoms. The average Bonchev–Trinajstić information content (AvgIpc) is 3.05.